The molecule has 0 fully saturated rings. The summed E-state index contributed by atoms with van der Waals surface area (Å²) in [6, 6.07) is 46.7. The van der Waals surface area contributed by atoms with Gasteiger partial charge in [0.25, 0.3) is 0 Å². The Morgan fingerprint density at radius 3 is 1.23 bits per heavy atom. The fourth-order valence-electron chi connectivity index (χ4n) is 6.16. The van der Waals surface area contributed by atoms with Gasteiger partial charge in [-0.1, -0.05) is 124 Å². The third-order valence-corrected chi connectivity index (χ3v) is 14.7. The van der Waals surface area contributed by atoms with Gasteiger partial charge in [0, 0.05) is 19.6 Å². The van der Waals surface area contributed by atoms with Gasteiger partial charge in [0.1, 0.15) is 0 Å². The second kappa shape index (κ2) is 19.3. The Bertz CT molecular complexity index is 1990. The van der Waals surface area contributed by atoms with E-state index >= 15 is 0 Å². The molecule has 8 rings (SSSR count). The largest absolute Gasteiger partial charge is 0.412 e. The predicted molar refractivity (Wildman–Crippen MR) is 228 cm³/mol. The first kappa shape index (κ1) is 40.8. The second-order valence-electron chi connectivity index (χ2n) is 13.8. The molecule has 273 valence electrons. The van der Waals surface area contributed by atoms with Crippen molar-refractivity contribution in [3.63, 3.8) is 0 Å². The second-order valence-corrected chi connectivity index (χ2v) is 20.2. The molecule has 0 saturated carbocycles. The monoisotopic (exact) mass is 865 g/mol. The maximum absolute atomic E-state index is 5.68. The van der Waals surface area contributed by atoms with Gasteiger partial charge >= 0.3 is 119 Å². The molecule has 0 saturated heterocycles. The van der Waals surface area contributed by atoms with Crippen LogP contribution in [0.2, 0.25) is 0 Å². The van der Waals surface area contributed by atoms with Crippen molar-refractivity contribution in [2.75, 3.05) is 0 Å². The zero-order chi connectivity index (χ0) is 36.6. The van der Waals surface area contributed by atoms with Gasteiger partial charge in [-0.25, -0.2) is 0 Å². The number of benzene rings is 6. The molecule has 6 aromatic rings. The average molecular weight is 867 g/mol. The molecule has 1 radical (unpaired) electrons. The molecule has 2 N–H and O–H groups in total. The molecule has 0 aliphatic carbocycles. The Morgan fingerprint density at radius 2 is 0.849 bits per heavy atom. The van der Waals surface area contributed by atoms with Gasteiger partial charge in [0.2, 0.25) is 0 Å². The summed E-state index contributed by atoms with van der Waals surface area (Å²) in [5, 5.41) is 0. The third kappa shape index (κ3) is 10.9. The first-order chi connectivity index (χ1) is 25.1. The van der Waals surface area contributed by atoms with Gasteiger partial charge in [-0.2, -0.15) is 0 Å². The van der Waals surface area contributed by atoms with E-state index in [1.165, 1.54) is 64.1 Å². The van der Waals surface area contributed by atoms with E-state index in [1.54, 1.807) is 0 Å². The summed E-state index contributed by atoms with van der Waals surface area (Å²) in [4.78, 5) is 5.82. The fourth-order valence-corrected chi connectivity index (χ4v) is 11.8. The molecule has 0 aromatic heterocycles. The molecule has 53 heavy (non-hydrogen) atoms. The molecule has 0 spiro atoms. The van der Waals surface area contributed by atoms with Gasteiger partial charge in [-0.3, -0.25) is 0 Å². The number of aryl methyl sites for hydroxylation is 2. The number of hydrogen-bond acceptors (Lipinski definition) is 5. The Balaban J connectivity index is 0.000000152. The van der Waals surface area contributed by atoms with Crippen molar-refractivity contribution in [1.82, 2.24) is 0 Å². The Hall–Kier alpha value is -3.38. The number of rotatable bonds is 6. The van der Waals surface area contributed by atoms with E-state index in [9.17, 15) is 0 Å². The molecule has 0 amide bonds. The first-order valence-electron chi connectivity index (χ1n) is 17.9. The minimum absolute atomic E-state index is 0. The summed E-state index contributed by atoms with van der Waals surface area (Å²) >= 11 is 1.33. The van der Waals surface area contributed by atoms with Gasteiger partial charge in [0.15, 0.2) is 0 Å². The molecule has 2 heterocycles. The molecular weight excluding hydrogens is 818 g/mol. The van der Waals surface area contributed by atoms with Crippen LogP contribution in [-0.4, -0.2) is 24.6 Å². The summed E-state index contributed by atoms with van der Waals surface area (Å²) in [6.07, 6.45) is 2.16. The molecule has 0 atom stereocenters. The van der Waals surface area contributed by atoms with E-state index in [-0.39, 0.29) is 5.48 Å². The SMILES string of the molecule is CC(C)c1cccc2c1Sc1ccccc1C2.CC(C)c1cccc2c1Sc1ccccc1C2.Cc1ccc([O][Sb](=[S])[O]c2ccc(C)cc2)cc1.O. The molecule has 0 unspecified atom stereocenters. The van der Waals surface area contributed by atoms with Crippen molar-refractivity contribution in [2.45, 2.75) is 85.8 Å². The molecule has 6 aromatic carbocycles. The fraction of sp³-hybridized carbons (Fsp3) is 0.217. The van der Waals surface area contributed by atoms with Crippen molar-refractivity contribution in [3.8, 4) is 11.5 Å². The van der Waals surface area contributed by atoms with Crippen molar-refractivity contribution in [3.05, 3.63) is 178 Å². The molecule has 2 aliphatic rings. The number of hydrogen-bond donors (Lipinski definition) is 0. The van der Waals surface area contributed by atoms with Gasteiger partial charge in [-0.15, -0.1) is 0 Å². The Labute approximate surface area is 336 Å². The van der Waals surface area contributed by atoms with Crippen molar-refractivity contribution < 1.29 is 11.5 Å². The van der Waals surface area contributed by atoms with Crippen LogP contribution in [0.3, 0.4) is 0 Å². The quantitative estimate of drug-likeness (QED) is 0.156. The van der Waals surface area contributed by atoms with Gasteiger partial charge in [0.05, 0.1) is 0 Å². The minimum Gasteiger partial charge on any atom is -0.412 e. The predicted octanol–water partition coefficient (Wildman–Crippen LogP) is 12.8. The molecule has 0 bridgehead atoms. The maximum Gasteiger partial charge on any atom is -0.412 e. The first-order valence-corrected chi connectivity index (χ1v) is 25.1. The van der Waals surface area contributed by atoms with E-state index in [2.05, 4.69) is 113 Å². The molecule has 2 aliphatic heterocycles. The van der Waals surface area contributed by atoms with E-state index in [4.69, 9.17) is 15.2 Å². The van der Waals surface area contributed by atoms with Crippen LogP contribution < -0.4 is 6.03 Å². The number of fused-ring (bicyclic) bond motifs is 4. The Kier molecular flexibility index (Phi) is 14.8. The zero-order valence-electron chi connectivity index (χ0n) is 31.3. The summed E-state index contributed by atoms with van der Waals surface area (Å²) in [5.74, 6) is 2.79. The van der Waals surface area contributed by atoms with Crippen LogP contribution in [0.25, 0.3) is 0 Å². The van der Waals surface area contributed by atoms with Crippen LogP contribution >= 0.6 is 32.7 Å². The zero-order valence-corrected chi connectivity index (χ0v) is 36.3. The Morgan fingerprint density at radius 1 is 0.491 bits per heavy atom. The maximum atomic E-state index is 5.68. The van der Waals surface area contributed by atoms with Crippen LogP contribution in [-0.2, 0) is 12.8 Å². The average Bonchev–Trinajstić information content (AvgIpc) is 3.15. The minimum atomic E-state index is -2.54. The van der Waals surface area contributed by atoms with Crippen molar-refractivity contribution in [2.24, 2.45) is 0 Å². The van der Waals surface area contributed by atoms with Crippen molar-refractivity contribution in [1.29, 1.82) is 0 Å². The van der Waals surface area contributed by atoms with E-state index in [0.29, 0.717) is 11.8 Å². The van der Waals surface area contributed by atoms with Crippen LogP contribution in [0.4, 0.5) is 0 Å². The van der Waals surface area contributed by atoms with Crippen LogP contribution in [0.5, 0.6) is 11.5 Å². The normalized spacial score (nSPS) is 11.9. The van der Waals surface area contributed by atoms with Crippen LogP contribution in [0.1, 0.15) is 84.0 Å². The van der Waals surface area contributed by atoms with Crippen LogP contribution in [0.15, 0.2) is 153 Å². The smallest absolute Gasteiger partial charge is 0.412 e. The summed E-state index contributed by atoms with van der Waals surface area (Å²) in [7, 11) is 5.31. The van der Waals surface area contributed by atoms with Gasteiger partial charge in [-0.05, 0) is 70.2 Å². The molecule has 7 heteroatoms. The summed E-state index contributed by atoms with van der Waals surface area (Å²) in [5.41, 5.74) is 11.3. The summed E-state index contributed by atoms with van der Waals surface area (Å²) in [6.45, 7) is 13.2. The van der Waals surface area contributed by atoms with Crippen LogP contribution in [0, 0.1) is 13.8 Å². The van der Waals surface area contributed by atoms with Crippen molar-refractivity contribution >= 4 is 51.8 Å². The molecular formula is C46H48O3S3Sb. The third-order valence-electron chi connectivity index (χ3n) is 9.03. The van der Waals surface area contributed by atoms with Gasteiger partial charge < -0.3 is 5.48 Å². The standard InChI is InChI=1S/2C16H16S.2C7H8O.H2O.S.Sb/c2*1-11(2)14-8-5-7-13-10-12-6-3-4-9-15(12)17-16(13)14;2*1-6-2-4-7(8)5-3-6;;;/h2*3-9,11H,10H2,1-2H3;2*2-5,8H,1H3;1H2;;/q;;;;;;+2/p-2. The van der Waals surface area contributed by atoms with E-state index in [0.717, 1.165) is 24.3 Å². The summed E-state index contributed by atoms with van der Waals surface area (Å²) < 4.78 is 11.4. The molecule has 3 nitrogen and oxygen atoms in total. The van der Waals surface area contributed by atoms with E-state index < -0.39 is 19.1 Å². The van der Waals surface area contributed by atoms with E-state index in [1.807, 2.05) is 85.9 Å². The topological polar surface area (TPSA) is 50.0 Å².